The molecule has 0 saturated heterocycles. The van der Waals surface area contributed by atoms with Gasteiger partial charge in [-0.1, -0.05) is 68.2 Å². The molecule has 4 atom stereocenters. The molecule has 4 unspecified atom stereocenters. The smallest absolute Gasteiger partial charge is 0.0313 e. The summed E-state index contributed by atoms with van der Waals surface area (Å²) >= 11 is 0. The van der Waals surface area contributed by atoms with E-state index in [0.29, 0.717) is 0 Å². The van der Waals surface area contributed by atoms with Crippen LogP contribution in [0.5, 0.6) is 0 Å². The Morgan fingerprint density at radius 3 is 2.48 bits per heavy atom. The first-order chi connectivity index (χ1) is 11.3. The molecule has 3 aliphatic rings. The number of benzene rings is 1. The van der Waals surface area contributed by atoms with E-state index >= 15 is 0 Å². The van der Waals surface area contributed by atoms with E-state index in [-0.39, 0.29) is 0 Å². The number of para-hydroxylation sites is 1. The van der Waals surface area contributed by atoms with Crippen LogP contribution in [0.2, 0.25) is 0 Å². The van der Waals surface area contributed by atoms with Crippen LogP contribution in [0.4, 0.5) is 5.69 Å². The van der Waals surface area contributed by atoms with Crippen LogP contribution in [0, 0.1) is 23.7 Å². The molecule has 1 aromatic carbocycles. The van der Waals surface area contributed by atoms with Gasteiger partial charge in [0.05, 0.1) is 0 Å². The molecule has 2 fully saturated rings. The van der Waals surface area contributed by atoms with Crippen molar-refractivity contribution >= 4 is 5.69 Å². The van der Waals surface area contributed by atoms with Crippen molar-refractivity contribution in [1.29, 1.82) is 0 Å². The average Bonchev–Trinajstić information content (AvgIpc) is 2.62. The second-order valence-corrected chi connectivity index (χ2v) is 7.39. The summed E-state index contributed by atoms with van der Waals surface area (Å²) in [5, 5.41) is 0. The summed E-state index contributed by atoms with van der Waals surface area (Å²) < 4.78 is 0. The first-order valence-electron chi connectivity index (χ1n) is 9.47. The molecule has 124 valence electrons. The Hall–Kier alpha value is -1.50. The van der Waals surface area contributed by atoms with Crippen molar-refractivity contribution in [2.75, 3.05) is 5.73 Å². The van der Waals surface area contributed by atoms with E-state index in [1.165, 1.54) is 44.9 Å². The topological polar surface area (TPSA) is 26.0 Å². The van der Waals surface area contributed by atoms with Crippen LogP contribution in [0.25, 0.3) is 0 Å². The fourth-order valence-electron chi connectivity index (χ4n) is 4.73. The predicted octanol–water partition coefficient (Wildman–Crippen LogP) is 5.99. The first-order valence-corrected chi connectivity index (χ1v) is 9.47. The van der Waals surface area contributed by atoms with Gasteiger partial charge in [-0.05, 0) is 61.5 Å². The second-order valence-electron chi connectivity index (χ2n) is 7.39. The molecule has 0 amide bonds. The van der Waals surface area contributed by atoms with Gasteiger partial charge in [0, 0.05) is 5.69 Å². The van der Waals surface area contributed by atoms with Crippen LogP contribution in [-0.2, 0) is 0 Å². The van der Waals surface area contributed by atoms with Crippen LogP contribution in [0.1, 0.15) is 51.9 Å². The lowest BCUT2D eigenvalue weighted by atomic mass is 9.60. The maximum atomic E-state index is 5.36. The Kier molecular flexibility index (Phi) is 5.59. The summed E-state index contributed by atoms with van der Waals surface area (Å²) in [5.74, 6) is 3.88. The fraction of sp³-hybridized carbons (Fsp3) is 0.545. The lowest BCUT2D eigenvalue weighted by Crippen LogP contribution is -2.36. The lowest BCUT2D eigenvalue weighted by Gasteiger charge is -2.45. The van der Waals surface area contributed by atoms with E-state index in [4.69, 9.17) is 5.73 Å². The minimum atomic E-state index is 0.822. The molecule has 0 radical (unpaired) electrons. The zero-order chi connectivity index (χ0) is 16.1. The monoisotopic (exact) mass is 309 g/mol. The van der Waals surface area contributed by atoms with Crippen LogP contribution >= 0.6 is 0 Å². The van der Waals surface area contributed by atoms with Gasteiger partial charge in [0.15, 0.2) is 0 Å². The molecular weight excluding hydrogens is 278 g/mol. The molecule has 2 N–H and O–H groups in total. The second kappa shape index (κ2) is 7.86. The van der Waals surface area contributed by atoms with E-state index < -0.39 is 0 Å². The molecule has 2 saturated carbocycles. The highest BCUT2D eigenvalue weighted by Gasteiger charge is 2.38. The number of nitrogen functional groups attached to an aromatic ring is 1. The van der Waals surface area contributed by atoms with Crippen molar-refractivity contribution in [3.8, 4) is 0 Å². The van der Waals surface area contributed by atoms with E-state index in [1.807, 2.05) is 30.3 Å². The highest BCUT2D eigenvalue weighted by Crippen LogP contribution is 2.48. The summed E-state index contributed by atoms with van der Waals surface area (Å²) in [6.07, 6.45) is 17.7. The van der Waals surface area contributed by atoms with Gasteiger partial charge in [-0.2, -0.15) is 0 Å². The van der Waals surface area contributed by atoms with E-state index in [1.54, 1.807) is 5.57 Å². The minimum Gasteiger partial charge on any atom is -0.399 e. The Bertz CT molecular complexity index is 542. The Morgan fingerprint density at radius 2 is 1.78 bits per heavy atom. The number of hydrogen-bond donors (Lipinski definition) is 1. The number of allylic oxidation sites excluding steroid dienone is 4. The fourth-order valence-corrected chi connectivity index (χ4v) is 4.73. The van der Waals surface area contributed by atoms with Gasteiger partial charge in [0.2, 0.25) is 0 Å². The molecule has 23 heavy (non-hydrogen) atoms. The van der Waals surface area contributed by atoms with Gasteiger partial charge in [0.1, 0.15) is 0 Å². The zero-order valence-electron chi connectivity index (χ0n) is 14.5. The number of rotatable bonds is 1. The van der Waals surface area contributed by atoms with Gasteiger partial charge >= 0.3 is 0 Å². The van der Waals surface area contributed by atoms with Crippen LogP contribution in [0.3, 0.4) is 0 Å². The Labute approximate surface area is 141 Å². The average molecular weight is 309 g/mol. The molecule has 0 spiro atoms. The molecule has 4 rings (SSSR count). The molecule has 3 aliphatic carbocycles. The molecular formula is C22H31N. The van der Waals surface area contributed by atoms with E-state index in [9.17, 15) is 0 Å². The highest BCUT2D eigenvalue weighted by molar-refractivity contribution is 5.35. The van der Waals surface area contributed by atoms with Gasteiger partial charge in [-0.25, -0.2) is 0 Å². The third-order valence-electron chi connectivity index (χ3n) is 6.00. The van der Waals surface area contributed by atoms with Gasteiger partial charge in [0.25, 0.3) is 0 Å². The summed E-state index contributed by atoms with van der Waals surface area (Å²) in [6, 6.07) is 9.49. The first kappa shape index (κ1) is 16.4. The van der Waals surface area contributed by atoms with Crippen molar-refractivity contribution in [1.82, 2.24) is 0 Å². The van der Waals surface area contributed by atoms with Crippen molar-refractivity contribution in [3.05, 3.63) is 54.1 Å². The number of nitrogens with two attached hydrogens (primary N) is 1. The molecule has 0 aliphatic heterocycles. The minimum absolute atomic E-state index is 0.822. The lowest BCUT2D eigenvalue weighted by molar-refractivity contribution is 0.0992. The summed E-state index contributed by atoms with van der Waals surface area (Å²) in [7, 11) is 0. The summed E-state index contributed by atoms with van der Waals surface area (Å²) in [6.45, 7) is 2.29. The number of anilines is 1. The quantitative estimate of drug-likeness (QED) is 0.633. The highest BCUT2D eigenvalue weighted by atomic mass is 14.5. The van der Waals surface area contributed by atoms with Crippen molar-refractivity contribution in [3.63, 3.8) is 0 Å². The van der Waals surface area contributed by atoms with Gasteiger partial charge in [-0.3, -0.25) is 0 Å². The SMILES string of the molecule is CCC1=CC2C(C=C1)CCC1CCCCC12.Nc1ccccc1. The van der Waals surface area contributed by atoms with Crippen molar-refractivity contribution in [2.24, 2.45) is 23.7 Å². The van der Waals surface area contributed by atoms with Crippen LogP contribution in [-0.4, -0.2) is 0 Å². The Morgan fingerprint density at radius 1 is 1.00 bits per heavy atom. The van der Waals surface area contributed by atoms with Crippen LogP contribution < -0.4 is 5.73 Å². The van der Waals surface area contributed by atoms with Gasteiger partial charge in [-0.15, -0.1) is 0 Å². The predicted molar refractivity (Wildman–Crippen MR) is 100 cm³/mol. The third-order valence-corrected chi connectivity index (χ3v) is 6.00. The molecule has 0 heterocycles. The van der Waals surface area contributed by atoms with Crippen molar-refractivity contribution < 1.29 is 0 Å². The molecule has 0 aromatic heterocycles. The zero-order valence-corrected chi connectivity index (χ0v) is 14.5. The summed E-state index contributed by atoms with van der Waals surface area (Å²) in [5.41, 5.74) is 7.77. The third kappa shape index (κ3) is 4.07. The normalized spacial score (nSPS) is 32.0. The molecule has 1 nitrogen and oxygen atoms in total. The molecule has 1 heteroatoms. The molecule has 0 bridgehead atoms. The van der Waals surface area contributed by atoms with Gasteiger partial charge < -0.3 is 5.73 Å². The van der Waals surface area contributed by atoms with E-state index in [2.05, 4.69) is 25.2 Å². The Balaban J connectivity index is 0.000000188. The van der Waals surface area contributed by atoms with E-state index in [0.717, 1.165) is 29.4 Å². The maximum Gasteiger partial charge on any atom is 0.0313 e. The molecule has 1 aromatic rings. The number of fused-ring (bicyclic) bond motifs is 3. The van der Waals surface area contributed by atoms with Crippen molar-refractivity contribution in [2.45, 2.75) is 51.9 Å². The summed E-state index contributed by atoms with van der Waals surface area (Å²) in [4.78, 5) is 0. The largest absolute Gasteiger partial charge is 0.399 e. The maximum absolute atomic E-state index is 5.36. The standard InChI is InChI=1S/C16H24.C6H7N/c1-2-12-7-8-14-10-9-13-5-3-4-6-15(13)16(14)11-12;7-6-4-2-1-3-5-6/h7-8,11,13-16H,2-6,9-10H2,1H3;1-5H,7H2. The van der Waals surface area contributed by atoms with Crippen LogP contribution in [0.15, 0.2) is 54.1 Å². The number of hydrogen-bond acceptors (Lipinski definition) is 1.